The van der Waals surface area contributed by atoms with Gasteiger partial charge in [-0.3, -0.25) is 9.59 Å². The van der Waals surface area contributed by atoms with Crippen molar-refractivity contribution in [3.8, 4) is 5.88 Å². The molecule has 154 valence electrons. The zero-order chi connectivity index (χ0) is 20.4. The van der Waals surface area contributed by atoms with E-state index in [0.29, 0.717) is 57.0 Å². The number of aliphatic hydroxyl groups is 1. The first kappa shape index (κ1) is 20.5. The van der Waals surface area contributed by atoms with Crippen LogP contribution in [-0.2, 0) is 9.53 Å². The fourth-order valence-electron chi connectivity index (χ4n) is 4.28. The lowest BCUT2D eigenvalue weighted by Crippen LogP contribution is -2.69. The summed E-state index contributed by atoms with van der Waals surface area (Å²) in [7, 11) is 0. The maximum Gasteiger partial charge on any atom is 0.259 e. The molecule has 3 heterocycles. The Balaban J connectivity index is 1.72. The van der Waals surface area contributed by atoms with E-state index in [4.69, 9.17) is 9.47 Å². The van der Waals surface area contributed by atoms with Crippen LogP contribution in [0.15, 0.2) is 18.3 Å². The number of aliphatic hydroxyl groups excluding tert-OH is 1. The summed E-state index contributed by atoms with van der Waals surface area (Å²) in [4.78, 5) is 30.4. The number of piperidine rings is 1. The molecule has 2 amide bonds. The molecule has 8 nitrogen and oxygen atoms in total. The average Bonchev–Trinajstić information content (AvgIpc) is 2.66. The van der Waals surface area contributed by atoms with Gasteiger partial charge in [0.2, 0.25) is 11.8 Å². The van der Waals surface area contributed by atoms with E-state index >= 15 is 0 Å². The van der Waals surface area contributed by atoms with Crippen molar-refractivity contribution < 1.29 is 24.2 Å². The molecule has 1 aromatic heterocycles. The number of likely N-dealkylation sites (tertiary alicyclic amines) is 1. The molecule has 2 N–H and O–H groups in total. The van der Waals surface area contributed by atoms with Crippen LogP contribution in [0.4, 0.5) is 0 Å². The maximum absolute atomic E-state index is 13.0. The van der Waals surface area contributed by atoms with Crippen LogP contribution in [0.3, 0.4) is 0 Å². The number of nitrogens with one attached hydrogen (secondary N) is 1. The van der Waals surface area contributed by atoms with Crippen molar-refractivity contribution in [3.63, 3.8) is 0 Å². The summed E-state index contributed by atoms with van der Waals surface area (Å²) in [5.41, 5.74) is -1.06. The molecule has 2 saturated heterocycles. The molecular weight excluding hydrogens is 362 g/mol. The third-order valence-corrected chi connectivity index (χ3v) is 5.75. The minimum absolute atomic E-state index is 0.138. The average molecular weight is 391 g/mol. The Hall–Kier alpha value is -2.19. The van der Waals surface area contributed by atoms with Gasteiger partial charge in [-0.2, -0.15) is 0 Å². The van der Waals surface area contributed by atoms with Gasteiger partial charge in [-0.25, -0.2) is 4.98 Å². The summed E-state index contributed by atoms with van der Waals surface area (Å²) >= 11 is 0. The van der Waals surface area contributed by atoms with Crippen molar-refractivity contribution >= 4 is 11.8 Å². The molecule has 1 aromatic rings. The van der Waals surface area contributed by atoms with E-state index < -0.39 is 17.2 Å². The van der Waals surface area contributed by atoms with Crippen molar-refractivity contribution in [1.82, 2.24) is 15.2 Å². The molecule has 1 spiro atoms. The van der Waals surface area contributed by atoms with E-state index in [1.54, 1.807) is 23.2 Å². The fourth-order valence-corrected chi connectivity index (χ4v) is 4.28. The zero-order valence-corrected chi connectivity index (χ0v) is 16.7. The van der Waals surface area contributed by atoms with Gasteiger partial charge in [-0.15, -0.1) is 0 Å². The van der Waals surface area contributed by atoms with E-state index in [2.05, 4.69) is 10.3 Å². The number of rotatable bonds is 4. The lowest BCUT2D eigenvalue weighted by atomic mass is 9.73. The minimum atomic E-state index is -0.840. The van der Waals surface area contributed by atoms with Crippen molar-refractivity contribution in [2.75, 3.05) is 26.3 Å². The van der Waals surface area contributed by atoms with E-state index in [1.165, 1.54) is 6.92 Å². The van der Waals surface area contributed by atoms with Crippen molar-refractivity contribution in [3.05, 3.63) is 23.9 Å². The Morgan fingerprint density at radius 2 is 2.11 bits per heavy atom. The summed E-state index contributed by atoms with van der Waals surface area (Å²) in [5.74, 6) is 0.0232. The summed E-state index contributed by atoms with van der Waals surface area (Å²) in [6, 6.07) is 3.43. The molecule has 0 aromatic carbocycles. The summed E-state index contributed by atoms with van der Waals surface area (Å²) < 4.78 is 11.5. The lowest BCUT2D eigenvalue weighted by Gasteiger charge is -2.53. The van der Waals surface area contributed by atoms with E-state index in [0.717, 1.165) is 0 Å². The predicted molar refractivity (Wildman–Crippen MR) is 102 cm³/mol. The van der Waals surface area contributed by atoms with Crippen LogP contribution in [0.1, 0.15) is 50.4 Å². The van der Waals surface area contributed by atoms with E-state index in [1.807, 2.05) is 13.8 Å². The van der Waals surface area contributed by atoms with Crippen LogP contribution in [0.2, 0.25) is 0 Å². The molecule has 0 bridgehead atoms. The molecule has 0 aliphatic carbocycles. The van der Waals surface area contributed by atoms with Crippen LogP contribution >= 0.6 is 0 Å². The first-order chi connectivity index (χ1) is 13.3. The smallest absolute Gasteiger partial charge is 0.259 e. The van der Waals surface area contributed by atoms with Gasteiger partial charge < -0.3 is 24.8 Å². The number of aromatic nitrogens is 1. The molecule has 28 heavy (non-hydrogen) atoms. The van der Waals surface area contributed by atoms with Gasteiger partial charge >= 0.3 is 0 Å². The largest absolute Gasteiger partial charge is 0.477 e. The van der Waals surface area contributed by atoms with Gasteiger partial charge in [-0.1, -0.05) is 0 Å². The van der Waals surface area contributed by atoms with E-state index in [9.17, 15) is 14.7 Å². The molecule has 8 heteroatoms. The van der Waals surface area contributed by atoms with Crippen molar-refractivity contribution in [2.45, 2.75) is 57.3 Å². The molecule has 2 atom stereocenters. The van der Waals surface area contributed by atoms with Crippen molar-refractivity contribution in [1.29, 1.82) is 0 Å². The topological polar surface area (TPSA) is 101 Å². The van der Waals surface area contributed by atoms with Gasteiger partial charge in [0, 0.05) is 32.8 Å². The molecule has 2 aliphatic heterocycles. The third-order valence-electron chi connectivity index (χ3n) is 5.75. The highest BCUT2D eigenvalue weighted by Gasteiger charge is 2.54. The number of carbonyl (C=O) groups is 2. The molecule has 2 fully saturated rings. The maximum atomic E-state index is 13.0. The monoisotopic (exact) mass is 391 g/mol. The van der Waals surface area contributed by atoms with Crippen molar-refractivity contribution in [2.24, 2.45) is 0 Å². The zero-order valence-electron chi connectivity index (χ0n) is 16.7. The summed E-state index contributed by atoms with van der Waals surface area (Å²) in [6.45, 7) is 6.94. The van der Waals surface area contributed by atoms with Gasteiger partial charge in [-0.05, 0) is 45.2 Å². The Bertz CT molecular complexity index is 732. The number of amides is 2. The summed E-state index contributed by atoms with van der Waals surface area (Å²) in [5, 5.41) is 13.9. The highest BCUT2D eigenvalue weighted by Crippen LogP contribution is 2.40. The van der Waals surface area contributed by atoms with Crippen LogP contribution in [0, 0.1) is 0 Å². The molecule has 3 rings (SSSR count). The predicted octanol–water partition coefficient (Wildman–Crippen LogP) is 1.13. The van der Waals surface area contributed by atoms with Crippen LogP contribution in [-0.4, -0.2) is 70.4 Å². The second kappa shape index (κ2) is 8.05. The number of ether oxygens (including phenoxy) is 2. The van der Waals surface area contributed by atoms with Gasteiger partial charge in [0.15, 0.2) is 0 Å². The van der Waals surface area contributed by atoms with Gasteiger partial charge in [0.05, 0.1) is 17.7 Å². The third kappa shape index (κ3) is 3.84. The first-order valence-electron chi connectivity index (χ1n) is 9.79. The molecule has 2 aliphatic rings. The molecule has 0 saturated carbocycles. The minimum Gasteiger partial charge on any atom is -0.477 e. The Kier molecular flexibility index (Phi) is 5.90. The highest BCUT2D eigenvalue weighted by molar-refractivity contribution is 5.96. The Morgan fingerprint density at radius 3 is 2.75 bits per heavy atom. The number of carbonyl (C=O) groups excluding carboxylic acids is 2. The lowest BCUT2D eigenvalue weighted by molar-refractivity contribution is -0.205. The number of hydrogen-bond donors (Lipinski definition) is 2. The second-order valence-electron chi connectivity index (χ2n) is 7.75. The quantitative estimate of drug-likeness (QED) is 0.798. The fraction of sp³-hybridized carbons (Fsp3) is 0.650. The second-order valence-corrected chi connectivity index (χ2v) is 7.75. The molecule has 0 unspecified atom stereocenters. The standard InChI is InChI=1S/C20H29N3O5/c1-4-27-16-15(6-5-10-21-16)17(25)23-11-7-20(8-12-23)18(26)19(3,9-13-28-20)22-14(2)24/h5-6,10,18,26H,4,7-9,11-13H2,1-3H3,(H,22,24)/t18-,19+/m1/s1. The molecule has 0 radical (unpaired) electrons. The van der Waals surface area contributed by atoms with Crippen LogP contribution < -0.4 is 10.1 Å². The Labute approximate surface area is 165 Å². The van der Waals surface area contributed by atoms with E-state index in [-0.39, 0.29) is 11.8 Å². The molecular formula is C20H29N3O5. The Morgan fingerprint density at radius 1 is 1.39 bits per heavy atom. The number of hydrogen-bond acceptors (Lipinski definition) is 6. The summed E-state index contributed by atoms with van der Waals surface area (Å²) in [6.07, 6.45) is 2.30. The van der Waals surface area contributed by atoms with Gasteiger partial charge in [0.25, 0.3) is 5.91 Å². The number of pyridine rings is 1. The number of nitrogens with zero attached hydrogens (tertiary/aromatic N) is 2. The van der Waals surface area contributed by atoms with Crippen LogP contribution in [0.25, 0.3) is 0 Å². The highest BCUT2D eigenvalue weighted by atomic mass is 16.5. The SMILES string of the molecule is CCOc1ncccc1C(=O)N1CCC2(CC1)OCC[C@](C)(NC(C)=O)[C@H]2O. The van der Waals surface area contributed by atoms with Gasteiger partial charge in [0.1, 0.15) is 11.7 Å². The van der Waals surface area contributed by atoms with Crippen LogP contribution in [0.5, 0.6) is 5.88 Å². The first-order valence-corrected chi connectivity index (χ1v) is 9.79. The normalized spacial score (nSPS) is 26.7.